The molecule has 0 radical (unpaired) electrons. The second-order valence-corrected chi connectivity index (χ2v) is 4.55. The first-order valence-corrected chi connectivity index (χ1v) is 5.71. The summed E-state index contributed by atoms with van der Waals surface area (Å²) in [7, 11) is 0. The highest BCUT2D eigenvalue weighted by Crippen LogP contribution is 2.27. The molecule has 0 aliphatic heterocycles. The summed E-state index contributed by atoms with van der Waals surface area (Å²) in [4.78, 5) is 22.0. The van der Waals surface area contributed by atoms with Crippen LogP contribution in [0, 0.1) is 5.92 Å². The minimum absolute atomic E-state index is 0.292. The highest BCUT2D eigenvalue weighted by molar-refractivity contribution is 5.91. The van der Waals surface area contributed by atoms with Gasteiger partial charge in [-0.1, -0.05) is 12.5 Å². The van der Waals surface area contributed by atoms with Crippen LogP contribution in [0.1, 0.15) is 39.5 Å². The molecule has 0 spiro atoms. The molecule has 2 N–H and O–H groups in total. The van der Waals surface area contributed by atoms with Crippen molar-refractivity contribution in [2.75, 3.05) is 0 Å². The van der Waals surface area contributed by atoms with E-state index in [4.69, 9.17) is 5.11 Å². The summed E-state index contributed by atoms with van der Waals surface area (Å²) in [5.74, 6) is -0.568. The second-order valence-electron chi connectivity index (χ2n) is 4.55. The molecule has 4 heteroatoms. The molecule has 0 aromatic rings. The Balaban J connectivity index is 2.44. The molecule has 90 valence electrons. The molecular weight excluding hydrogens is 206 g/mol. The van der Waals surface area contributed by atoms with E-state index in [1.165, 1.54) is 6.92 Å². The number of aliphatic carboxylic acids is 1. The summed E-state index contributed by atoms with van der Waals surface area (Å²) >= 11 is 0. The van der Waals surface area contributed by atoms with E-state index in [9.17, 15) is 9.59 Å². The molecular formula is C12H19NO3. The Bertz CT molecular complexity index is 299. The van der Waals surface area contributed by atoms with E-state index in [0.717, 1.165) is 37.2 Å². The van der Waals surface area contributed by atoms with Gasteiger partial charge in [0.05, 0.1) is 0 Å². The lowest BCUT2D eigenvalue weighted by Crippen LogP contribution is -2.37. The van der Waals surface area contributed by atoms with Crippen LogP contribution < -0.4 is 5.32 Å². The van der Waals surface area contributed by atoms with Crippen LogP contribution in [0.5, 0.6) is 0 Å². The molecule has 4 nitrogen and oxygen atoms in total. The van der Waals surface area contributed by atoms with Gasteiger partial charge in [-0.25, -0.2) is 0 Å². The average Bonchev–Trinajstić information content (AvgIpc) is 2.21. The summed E-state index contributed by atoms with van der Waals surface area (Å²) in [5.41, 5.74) is 1.13. The highest BCUT2D eigenvalue weighted by Gasteiger charge is 2.15. The van der Waals surface area contributed by atoms with Crippen LogP contribution in [0.3, 0.4) is 0 Å². The molecule has 0 aromatic carbocycles. The number of carboxylic acids is 1. The van der Waals surface area contributed by atoms with E-state index in [2.05, 4.69) is 12.2 Å². The lowest BCUT2D eigenvalue weighted by Gasteiger charge is -2.20. The number of allylic oxidation sites excluding steroid dienone is 1. The van der Waals surface area contributed by atoms with Gasteiger partial charge in [0.15, 0.2) is 0 Å². The van der Waals surface area contributed by atoms with Crippen LogP contribution in [0.2, 0.25) is 0 Å². The first-order chi connectivity index (χ1) is 7.49. The Morgan fingerprint density at radius 1 is 1.44 bits per heavy atom. The van der Waals surface area contributed by atoms with Crippen LogP contribution in [-0.4, -0.2) is 23.0 Å². The molecule has 0 heterocycles. The SMILES string of the molecule is CC1CCC(=CC(=O)NC(C)C(=O)O)CC1. The Morgan fingerprint density at radius 3 is 2.50 bits per heavy atom. The predicted molar refractivity (Wildman–Crippen MR) is 61.0 cm³/mol. The van der Waals surface area contributed by atoms with Gasteiger partial charge in [-0.05, 0) is 38.5 Å². The molecule has 1 saturated carbocycles. The molecule has 0 aromatic heterocycles. The van der Waals surface area contributed by atoms with Gasteiger partial charge in [0.1, 0.15) is 6.04 Å². The van der Waals surface area contributed by atoms with E-state index in [0.29, 0.717) is 0 Å². The third-order valence-corrected chi connectivity index (χ3v) is 2.98. The van der Waals surface area contributed by atoms with Crippen molar-refractivity contribution in [2.24, 2.45) is 5.92 Å². The minimum atomic E-state index is -1.01. The Morgan fingerprint density at radius 2 is 2.00 bits per heavy atom. The maximum atomic E-state index is 11.5. The maximum absolute atomic E-state index is 11.5. The van der Waals surface area contributed by atoms with Crippen molar-refractivity contribution in [1.29, 1.82) is 0 Å². The van der Waals surface area contributed by atoms with Crippen LogP contribution in [-0.2, 0) is 9.59 Å². The topological polar surface area (TPSA) is 66.4 Å². The Kier molecular flexibility index (Phi) is 4.52. The van der Waals surface area contributed by atoms with E-state index < -0.39 is 12.0 Å². The smallest absolute Gasteiger partial charge is 0.325 e. The highest BCUT2D eigenvalue weighted by atomic mass is 16.4. The maximum Gasteiger partial charge on any atom is 0.325 e. The lowest BCUT2D eigenvalue weighted by atomic mass is 9.87. The van der Waals surface area contributed by atoms with Crippen LogP contribution in [0.15, 0.2) is 11.6 Å². The summed E-state index contributed by atoms with van der Waals surface area (Å²) in [6.45, 7) is 3.67. The fourth-order valence-corrected chi connectivity index (χ4v) is 1.78. The van der Waals surface area contributed by atoms with Gasteiger partial charge in [0.25, 0.3) is 0 Å². The average molecular weight is 225 g/mol. The zero-order valence-electron chi connectivity index (χ0n) is 9.82. The number of nitrogens with one attached hydrogen (secondary N) is 1. The Hall–Kier alpha value is -1.32. The molecule has 1 fully saturated rings. The van der Waals surface area contributed by atoms with E-state index in [1.807, 2.05) is 0 Å². The second kappa shape index (κ2) is 5.68. The van der Waals surface area contributed by atoms with E-state index >= 15 is 0 Å². The molecule has 1 unspecified atom stereocenters. The number of carboxylic acid groups (broad SMARTS) is 1. The van der Waals surface area contributed by atoms with Gasteiger partial charge in [-0.15, -0.1) is 0 Å². The molecule has 0 bridgehead atoms. The number of hydrogen-bond acceptors (Lipinski definition) is 2. The van der Waals surface area contributed by atoms with E-state index in [1.54, 1.807) is 6.08 Å². The quantitative estimate of drug-likeness (QED) is 0.718. The van der Waals surface area contributed by atoms with Crippen LogP contribution in [0.4, 0.5) is 0 Å². The normalized spacial score (nSPS) is 22.4. The third kappa shape index (κ3) is 4.04. The van der Waals surface area contributed by atoms with Gasteiger partial charge in [-0.2, -0.15) is 0 Å². The first-order valence-electron chi connectivity index (χ1n) is 5.71. The number of hydrogen-bond donors (Lipinski definition) is 2. The zero-order chi connectivity index (χ0) is 12.1. The van der Waals surface area contributed by atoms with E-state index in [-0.39, 0.29) is 5.91 Å². The van der Waals surface area contributed by atoms with Gasteiger partial charge in [0, 0.05) is 6.08 Å². The zero-order valence-corrected chi connectivity index (χ0v) is 9.82. The summed E-state index contributed by atoms with van der Waals surface area (Å²) in [5, 5.41) is 11.1. The van der Waals surface area contributed by atoms with Crippen molar-refractivity contribution in [1.82, 2.24) is 5.32 Å². The van der Waals surface area contributed by atoms with Crippen molar-refractivity contribution >= 4 is 11.9 Å². The summed E-state index contributed by atoms with van der Waals surface area (Å²) in [6.07, 6.45) is 5.71. The number of carbonyl (C=O) groups excluding carboxylic acids is 1. The number of rotatable bonds is 3. The Labute approximate surface area is 95.7 Å². The molecule has 1 rings (SSSR count). The van der Waals surface area contributed by atoms with Crippen LogP contribution in [0.25, 0.3) is 0 Å². The minimum Gasteiger partial charge on any atom is -0.480 e. The van der Waals surface area contributed by atoms with Gasteiger partial charge >= 0.3 is 5.97 Å². The summed E-state index contributed by atoms with van der Waals surface area (Å²) in [6, 6.07) is -0.827. The number of carbonyl (C=O) groups is 2. The molecule has 1 aliphatic carbocycles. The monoisotopic (exact) mass is 225 g/mol. The van der Waals surface area contributed by atoms with Gasteiger partial charge in [0.2, 0.25) is 5.91 Å². The van der Waals surface area contributed by atoms with Gasteiger partial charge in [-0.3, -0.25) is 9.59 Å². The van der Waals surface area contributed by atoms with Crippen molar-refractivity contribution in [3.05, 3.63) is 11.6 Å². The molecule has 0 saturated heterocycles. The van der Waals surface area contributed by atoms with Crippen molar-refractivity contribution < 1.29 is 14.7 Å². The molecule has 1 aliphatic rings. The third-order valence-electron chi connectivity index (χ3n) is 2.98. The lowest BCUT2D eigenvalue weighted by molar-refractivity contribution is -0.140. The predicted octanol–water partition coefficient (Wildman–Crippen LogP) is 1.71. The first kappa shape index (κ1) is 12.7. The van der Waals surface area contributed by atoms with Gasteiger partial charge < -0.3 is 10.4 Å². The fourth-order valence-electron chi connectivity index (χ4n) is 1.78. The standard InChI is InChI=1S/C12H19NO3/c1-8-3-5-10(6-4-8)7-11(14)13-9(2)12(15)16/h7-9H,3-6H2,1-2H3,(H,13,14)(H,15,16). The van der Waals surface area contributed by atoms with Crippen molar-refractivity contribution in [2.45, 2.75) is 45.6 Å². The largest absolute Gasteiger partial charge is 0.480 e. The van der Waals surface area contributed by atoms with Crippen molar-refractivity contribution in [3.63, 3.8) is 0 Å². The van der Waals surface area contributed by atoms with Crippen LogP contribution >= 0.6 is 0 Å². The number of amides is 1. The summed E-state index contributed by atoms with van der Waals surface area (Å²) < 4.78 is 0. The fraction of sp³-hybridized carbons (Fsp3) is 0.667. The van der Waals surface area contributed by atoms with Crippen molar-refractivity contribution in [3.8, 4) is 0 Å². The molecule has 16 heavy (non-hydrogen) atoms. The molecule has 1 atom stereocenters. The molecule has 1 amide bonds.